The molecule has 0 radical (unpaired) electrons. The molecule has 0 aromatic carbocycles. The summed E-state index contributed by atoms with van der Waals surface area (Å²) in [5.74, 6) is 1.18. The average Bonchev–Trinajstić information content (AvgIpc) is 2.62. The van der Waals surface area contributed by atoms with Crippen molar-refractivity contribution in [3.63, 3.8) is 0 Å². The molecule has 1 aliphatic rings. The first-order valence-corrected chi connectivity index (χ1v) is 10.3. The molecular formula is C19H31N3O2S. The first-order chi connectivity index (χ1) is 12.1. The van der Waals surface area contributed by atoms with Crippen LogP contribution in [0.15, 0.2) is 29.4 Å². The summed E-state index contributed by atoms with van der Waals surface area (Å²) in [6.45, 7) is 1.68. The number of nitrogens with one attached hydrogen (secondary N) is 1. The number of thioether (sulfide) groups is 1. The van der Waals surface area contributed by atoms with Crippen LogP contribution >= 0.6 is 11.8 Å². The van der Waals surface area contributed by atoms with Gasteiger partial charge in [-0.15, -0.1) is 11.8 Å². The summed E-state index contributed by atoms with van der Waals surface area (Å²) in [5, 5.41) is 14.6. The van der Waals surface area contributed by atoms with E-state index in [1.807, 2.05) is 18.2 Å². The smallest absolute Gasteiger partial charge is 0.236 e. The number of aliphatic hydroxyl groups is 1. The Kier molecular flexibility index (Phi) is 8.72. The summed E-state index contributed by atoms with van der Waals surface area (Å²) < 4.78 is 0. The number of nitrogens with zero attached hydrogens (tertiary/aromatic N) is 1. The lowest BCUT2D eigenvalue weighted by atomic mass is 9.83. The molecule has 0 saturated heterocycles. The highest BCUT2D eigenvalue weighted by Crippen LogP contribution is 2.28. The normalized spacial score (nSPS) is 19.2. The number of rotatable bonds is 9. The molecule has 0 bridgehead atoms. The average molecular weight is 366 g/mol. The third-order valence-electron chi connectivity index (χ3n) is 4.82. The van der Waals surface area contributed by atoms with Crippen LogP contribution in [0.5, 0.6) is 0 Å². The van der Waals surface area contributed by atoms with E-state index in [4.69, 9.17) is 5.73 Å². The number of aliphatic hydroxyl groups excluding tert-OH is 1. The highest BCUT2D eigenvalue weighted by molar-refractivity contribution is 7.99. The predicted octanol–water partition coefficient (Wildman–Crippen LogP) is 2.73. The Morgan fingerprint density at radius 3 is 2.80 bits per heavy atom. The van der Waals surface area contributed by atoms with Crippen LogP contribution in [-0.2, 0) is 4.79 Å². The molecule has 0 spiro atoms. The van der Waals surface area contributed by atoms with Crippen LogP contribution in [0, 0.1) is 5.92 Å². The number of nitrogens with two attached hydrogens (primary N) is 1. The van der Waals surface area contributed by atoms with E-state index < -0.39 is 12.1 Å². The zero-order chi connectivity index (χ0) is 18.1. The molecule has 1 amide bonds. The van der Waals surface area contributed by atoms with Crippen molar-refractivity contribution >= 4 is 17.7 Å². The standard InChI is InChI=1S/C19H31N3O2S/c1-14(20)19(24)22-16(13-15-7-3-2-4-8-15)17(23)10-12-25-18-9-5-6-11-21-18/h5-6,9,11,14-17,23H,2-4,7-8,10,12-13,20H2,1H3,(H,22,24)/t14-,16-,17-/m0/s1. The lowest BCUT2D eigenvalue weighted by Gasteiger charge is -2.30. The van der Waals surface area contributed by atoms with Gasteiger partial charge in [0.1, 0.15) is 0 Å². The highest BCUT2D eigenvalue weighted by atomic mass is 32.2. The van der Waals surface area contributed by atoms with Crippen molar-refractivity contribution in [2.24, 2.45) is 11.7 Å². The Bertz CT molecular complexity index is 507. The van der Waals surface area contributed by atoms with Crippen molar-refractivity contribution in [1.82, 2.24) is 10.3 Å². The van der Waals surface area contributed by atoms with E-state index in [1.54, 1.807) is 24.9 Å². The third-order valence-corrected chi connectivity index (χ3v) is 5.80. The number of carbonyl (C=O) groups is 1. The highest BCUT2D eigenvalue weighted by Gasteiger charge is 2.26. The topological polar surface area (TPSA) is 88.2 Å². The number of aromatic nitrogens is 1. The maximum Gasteiger partial charge on any atom is 0.236 e. The first-order valence-electron chi connectivity index (χ1n) is 9.34. The number of carbonyl (C=O) groups excluding carboxylic acids is 1. The van der Waals surface area contributed by atoms with Crippen LogP contribution in [0.1, 0.15) is 51.9 Å². The second kappa shape index (κ2) is 10.8. The van der Waals surface area contributed by atoms with Crippen molar-refractivity contribution in [2.75, 3.05) is 5.75 Å². The van der Waals surface area contributed by atoms with Gasteiger partial charge >= 0.3 is 0 Å². The van der Waals surface area contributed by atoms with Crippen molar-refractivity contribution in [3.05, 3.63) is 24.4 Å². The molecule has 5 nitrogen and oxygen atoms in total. The van der Waals surface area contributed by atoms with Crippen LogP contribution in [0.3, 0.4) is 0 Å². The second-order valence-corrected chi connectivity index (χ2v) is 8.13. The molecule has 1 heterocycles. The molecule has 1 aromatic heterocycles. The minimum absolute atomic E-state index is 0.183. The van der Waals surface area contributed by atoms with Crippen LogP contribution < -0.4 is 11.1 Å². The molecule has 1 aromatic rings. The largest absolute Gasteiger partial charge is 0.391 e. The lowest BCUT2D eigenvalue weighted by molar-refractivity contribution is -0.123. The van der Waals surface area contributed by atoms with E-state index in [-0.39, 0.29) is 11.9 Å². The molecular weight excluding hydrogens is 334 g/mol. The van der Waals surface area contributed by atoms with Crippen LogP contribution in [-0.4, -0.2) is 39.9 Å². The summed E-state index contributed by atoms with van der Waals surface area (Å²) in [6, 6.07) is 5.05. The van der Waals surface area contributed by atoms with Gasteiger partial charge in [0, 0.05) is 11.9 Å². The Hall–Kier alpha value is -1.11. The predicted molar refractivity (Wildman–Crippen MR) is 102 cm³/mol. The fourth-order valence-corrected chi connectivity index (χ4v) is 4.20. The maximum atomic E-state index is 12.0. The second-order valence-electron chi connectivity index (χ2n) is 7.02. The molecule has 0 aliphatic heterocycles. The minimum Gasteiger partial charge on any atom is -0.391 e. The fraction of sp³-hybridized carbons (Fsp3) is 0.684. The van der Waals surface area contributed by atoms with E-state index in [2.05, 4.69) is 10.3 Å². The summed E-state index contributed by atoms with van der Waals surface area (Å²) in [4.78, 5) is 16.3. The van der Waals surface area contributed by atoms with Crippen molar-refractivity contribution < 1.29 is 9.90 Å². The SMILES string of the molecule is C[C@H](N)C(=O)N[C@@H](CC1CCCCC1)[C@@H](O)CCSc1ccccn1. The van der Waals surface area contributed by atoms with Gasteiger partial charge in [-0.2, -0.15) is 0 Å². The van der Waals surface area contributed by atoms with Gasteiger partial charge < -0.3 is 16.2 Å². The molecule has 6 heteroatoms. The summed E-state index contributed by atoms with van der Waals surface area (Å²) in [7, 11) is 0. The Balaban J connectivity index is 1.86. The van der Waals surface area contributed by atoms with E-state index in [9.17, 15) is 9.90 Å². The fourth-order valence-electron chi connectivity index (χ4n) is 3.33. The Morgan fingerprint density at radius 1 is 1.40 bits per heavy atom. The van der Waals surface area contributed by atoms with Gasteiger partial charge in [-0.05, 0) is 37.8 Å². The molecule has 4 N–H and O–H groups in total. The molecule has 1 aliphatic carbocycles. The van der Waals surface area contributed by atoms with Gasteiger partial charge in [-0.25, -0.2) is 4.98 Å². The number of pyridine rings is 1. The van der Waals surface area contributed by atoms with Crippen LogP contribution in [0.2, 0.25) is 0 Å². The molecule has 2 rings (SSSR count). The van der Waals surface area contributed by atoms with Gasteiger partial charge in [0.2, 0.25) is 5.91 Å². The lowest BCUT2D eigenvalue weighted by Crippen LogP contribution is -2.49. The van der Waals surface area contributed by atoms with Crippen LogP contribution in [0.4, 0.5) is 0 Å². The molecule has 1 fully saturated rings. The zero-order valence-electron chi connectivity index (χ0n) is 15.1. The van der Waals surface area contributed by atoms with Crippen LogP contribution in [0.25, 0.3) is 0 Å². The van der Waals surface area contributed by atoms with Gasteiger partial charge in [-0.1, -0.05) is 38.2 Å². The minimum atomic E-state index is -0.555. The Morgan fingerprint density at radius 2 is 2.16 bits per heavy atom. The van der Waals surface area contributed by atoms with Crippen molar-refractivity contribution in [1.29, 1.82) is 0 Å². The van der Waals surface area contributed by atoms with Crippen molar-refractivity contribution in [2.45, 2.75) is 75.1 Å². The summed E-state index contributed by atoms with van der Waals surface area (Å²) in [5.41, 5.74) is 5.69. The first kappa shape index (κ1) is 20.2. The van der Waals surface area contributed by atoms with Crippen molar-refractivity contribution in [3.8, 4) is 0 Å². The quantitative estimate of drug-likeness (QED) is 0.586. The maximum absolute atomic E-state index is 12.0. The number of hydrogen-bond acceptors (Lipinski definition) is 5. The van der Waals surface area contributed by atoms with E-state index >= 15 is 0 Å². The summed E-state index contributed by atoms with van der Waals surface area (Å²) in [6.07, 6.45) is 8.88. The summed E-state index contributed by atoms with van der Waals surface area (Å²) >= 11 is 1.63. The number of hydrogen-bond donors (Lipinski definition) is 3. The molecule has 0 unspecified atom stereocenters. The van der Waals surface area contributed by atoms with Gasteiger partial charge in [0.05, 0.1) is 23.2 Å². The molecule has 3 atom stereocenters. The molecule has 25 heavy (non-hydrogen) atoms. The zero-order valence-corrected chi connectivity index (χ0v) is 15.9. The van der Waals surface area contributed by atoms with Gasteiger partial charge in [0.25, 0.3) is 0 Å². The van der Waals surface area contributed by atoms with Gasteiger partial charge in [0.15, 0.2) is 0 Å². The van der Waals surface area contributed by atoms with E-state index in [0.29, 0.717) is 12.3 Å². The van der Waals surface area contributed by atoms with E-state index in [1.165, 1.54) is 32.1 Å². The third kappa shape index (κ3) is 7.34. The molecule has 1 saturated carbocycles. The Labute approximate surface area is 155 Å². The number of amides is 1. The molecule has 140 valence electrons. The van der Waals surface area contributed by atoms with E-state index in [0.717, 1.165) is 17.2 Å². The van der Waals surface area contributed by atoms with Gasteiger partial charge in [-0.3, -0.25) is 4.79 Å². The monoisotopic (exact) mass is 365 g/mol.